The Morgan fingerprint density at radius 3 is 2.17 bits per heavy atom. The first-order chi connectivity index (χ1) is 11.3. The molecule has 0 heterocycles. The van der Waals surface area contributed by atoms with Gasteiger partial charge in [0.1, 0.15) is 0 Å². The smallest absolute Gasteiger partial charge is 0.0406 e. The Hall–Kier alpha value is -1.79. The fourth-order valence-electron chi connectivity index (χ4n) is 3.99. The molecule has 3 aromatic carbocycles. The van der Waals surface area contributed by atoms with Crippen molar-refractivity contribution in [3.8, 4) is 11.1 Å². The van der Waals surface area contributed by atoms with E-state index in [9.17, 15) is 0 Å². The molecule has 4 rings (SSSR count). The van der Waals surface area contributed by atoms with Gasteiger partial charge < -0.3 is 0 Å². The van der Waals surface area contributed by atoms with Crippen LogP contribution >= 0.6 is 11.6 Å². The highest BCUT2D eigenvalue weighted by Crippen LogP contribution is 2.40. The van der Waals surface area contributed by atoms with Crippen LogP contribution in [0.5, 0.6) is 0 Å². The molecule has 0 spiro atoms. The number of fused-ring (bicyclic) bond motifs is 1. The van der Waals surface area contributed by atoms with Gasteiger partial charge in [-0.3, -0.25) is 0 Å². The Labute approximate surface area is 143 Å². The molecule has 1 fully saturated rings. The van der Waals surface area contributed by atoms with Crippen LogP contribution in [0.2, 0.25) is 5.02 Å². The van der Waals surface area contributed by atoms with Gasteiger partial charge in [-0.2, -0.15) is 0 Å². The maximum Gasteiger partial charge on any atom is 0.0406 e. The topological polar surface area (TPSA) is 0 Å². The zero-order valence-corrected chi connectivity index (χ0v) is 14.0. The lowest BCUT2D eigenvalue weighted by Gasteiger charge is -2.24. The fourth-order valence-corrected chi connectivity index (χ4v) is 4.12. The molecule has 0 N–H and O–H groups in total. The van der Waals surface area contributed by atoms with Crippen molar-refractivity contribution in [3.63, 3.8) is 0 Å². The van der Waals surface area contributed by atoms with Crippen LogP contribution in [-0.2, 0) is 0 Å². The lowest BCUT2D eigenvalue weighted by Crippen LogP contribution is -2.05. The molecule has 0 bridgehead atoms. The molecule has 0 nitrogen and oxygen atoms in total. The molecule has 0 aliphatic heterocycles. The van der Waals surface area contributed by atoms with E-state index in [1.54, 1.807) is 0 Å². The number of halogens is 1. The summed E-state index contributed by atoms with van der Waals surface area (Å²) in [6, 6.07) is 21.7. The molecule has 1 aliphatic carbocycles. The van der Waals surface area contributed by atoms with Crippen LogP contribution in [0, 0.1) is 0 Å². The molecule has 0 aromatic heterocycles. The molecule has 0 atom stereocenters. The maximum absolute atomic E-state index is 6.07. The molecule has 1 heteroatoms. The fraction of sp³-hybridized carbons (Fsp3) is 0.273. The van der Waals surface area contributed by atoms with E-state index in [4.69, 9.17) is 11.6 Å². The van der Waals surface area contributed by atoms with Crippen molar-refractivity contribution in [1.82, 2.24) is 0 Å². The second kappa shape index (κ2) is 6.37. The van der Waals surface area contributed by atoms with Crippen LogP contribution in [0.15, 0.2) is 60.7 Å². The molecule has 3 aromatic rings. The molecule has 116 valence electrons. The summed E-state index contributed by atoms with van der Waals surface area (Å²) < 4.78 is 0. The predicted molar refractivity (Wildman–Crippen MR) is 100 cm³/mol. The van der Waals surface area contributed by atoms with Crippen molar-refractivity contribution in [2.75, 3.05) is 0 Å². The molecular weight excluding hydrogens is 300 g/mol. The molecule has 0 radical (unpaired) electrons. The number of benzene rings is 3. The van der Waals surface area contributed by atoms with Gasteiger partial charge in [0, 0.05) is 5.02 Å². The lowest BCUT2D eigenvalue weighted by molar-refractivity contribution is 0.445. The Morgan fingerprint density at radius 1 is 0.739 bits per heavy atom. The van der Waals surface area contributed by atoms with E-state index >= 15 is 0 Å². The summed E-state index contributed by atoms with van der Waals surface area (Å²) in [6.07, 6.45) is 6.78. The van der Waals surface area contributed by atoms with E-state index in [2.05, 4.69) is 48.5 Å². The first-order valence-electron chi connectivity index (χ1n) is 8.60. The van der Waals surface area contributed by atoms with E-state index in [0.29, 0.717) is 5.92 Å². The van der Waals surface area contributed by atoms with Gasteiger partial charge in [0.2, 0.25) is 0 Å². The van der Waals surface area contributed by atoms with Crippen molar-refractivity contribution < 1.29 is 0 Å². The quantitative estimate of drug-likeness (QED) is 0.468. The van der Waals surface area contributed by atoms with Crippen LogP contribution in [0.25, 0.3) is 21.9 Å². The lowest BCUT2D eigenvalue weighted by atomic mass is 9.80. The Morgan fingerprint density at radius 2 is 1.43 bits per heavy atom. The highest BCUT2D eigenvalue weighted by atomic mass is 35.5. The molecule has 1 saturated carbocycles. The van der Waals surface area contributed by atoms with Gasteiger partial charge in [-0.15, -0.1) is 0 Å². The van der Waals surface area contributed by atoms with Crippen molar-refractivity contribution >= 4 is 22.4 Å². The second-order valence-corrected chi connectivity index (χ2v) is 7.03. The first-order valence-corrected chi connectivity index (χ1v) is 8.98. The summed E-state index contributed by atoms with van der Waals surface area (Å²) in [5, 5.41) is 3.58. The molecule has 0 amide bonds. The van der Waals surface area contributed by atoms with Crippen molar-refractivity contribution in [2.45, 2.75) is 38.0 Å². The summed E-state index contributed by atoms with van der Waals surface area (Å²) in [7, 11) is 0. The molecule has 0 saturated heterocycles. The van der Waals surface area contributed by atoms with Crippen molar-refractivity contribution in [3.05, 3.63) is 71.2 Å². The normalized spacial score (nSPS) is 15.9. The predicted octanol–water partition coefficient (Wildman–Crippen LogP) is 7.21. The highest BCUT2D eigenvalue weighted by molar-refractivity contribution is 6.30. The van der Waals surface area contributed by atoms with Gasteiger partial charge in [0.05, 0.1) is 0 Å². The molecule has 0 unspecified atom stereocenters. The van der Waals surface area contributed by atoms with Gasteiger partial charge in [0.25, 0.3) is 0 Å². The van der Waals surface area contributed by atoms with Crippen LogP contribution in [0.3, 0.4) is 0 Å². The van der Waals surface area contributed by atoms with Gasteiger partial charge in [0.15, 0.2) is 0 Å². The van der Waals surface area contributed by atoms with Crippen LogP contribution in [0.4, 0.5) is 0 Å². The highest BCUT2D eigenvalue weighted by Gasteiger charge is 2.19. The SMILES string of the molecule is Clc1ccc(-c2cccc3cccc(C4CCCCC4)c23)cc1. The van der Waals surface area contributed by atoms with E-state index in [1.165, 1.54) is 59.6 Å². The van der Waals surface area contributed by atoms with Crippen LogP contribution in [0.1, 0.15) is 43.6 Å². The third-order valence-electron chi connectivity index (χ3n) is 5.14. The van der Waals surface area contributed by atoms with E-state index in [1.807, 2.05) is 12.1 Å². The Kier molecular flexibility index (Phi) is 4.10. The summed E-state index contributed by atoms with van der Waals surface area (Å²) in [5.41, 5.74) is 4.12. The number of hydrogen-bond donors (Lipinski definition) is 0. The minimum atomic E-state index is 0.709. The molecular formula is C22H21Cl. The maximum atomic E-state index is 6.07. The average molecular weight is 321 g/mol. The third kappa shape index (κ3) is 2.88. The number of rotatable bonds is 2. The number of hydrogen-bond acceptors (Lipinski definition) is 0. The minimum Gasteiger partial charge on any atom is -0.0843 e. The van der Waals surface area contributed by atoms with Gasteiger partial charge in [-0.25, -0.2) is 0 Å². The largest absolute Gasteiger partial charge is 0.0843 e. The Bertz CT molecular complexity index is 806. The minimum absolute atomic E-state index is 0.709. The monoisotopic (exact) mass is 320 g/mol. The second-order valence-electron chi connectivity index (χ2n) is 6.59. The molecule has 1 aliphatic rings. The van der Waals surface area contributed by atoms with E-state index < -0.39 is 0 Å². The first kappa shape index (κ1) is 14.8. The van der Waals surface area contributed by atoms with Gasteiger partial charge >= 0.3 is 0 Å². The van der Waals surface area contributed by atoms with Crippen molar-refractivity contribution in [2.24, 2.45) is 0 Å². The zero-order valence-electron chi connectivity index (χ0n) is 13.3. The summed E-state index contributed by atoms with van der Waals surface area (Å²) in [5.74, 6) is 0.709. The van der Waals surface area contributed by atoms with E-state index in [0.717, 1.165) is 5.02 Å². The zero-order chi connectivity index (χ0) is 15.6. The average Bonchev–Trinajstić information content (AvgIpc) is 2.62. The van der Waals surface area contributed by atoms with E-state index in [-0.39, 0.29) is 0 Å². The third-order valence-corrected chi connectivity index (χ3v) is 5.39. The van der Waals surface area contributed by atoms with Crippen LogP contribution in [-0.4, -0.2) is 0 Å². The summed E-state index contributed by atoms with van der Waals surface area (Å²) >= 11 is 6.07. The Balaban J connectivity index is 1.92. The molecule has 23 heavy (non-hydrogen) atoms. The summed E-state index contributed by atoms with van der Waals surface area (Å²) in [6.45, 7) is 0. The van der Waals surface area contributed by atoms with Crippen molar-refractivity contribution in [1.29, 1.82) is 0 Å². The van der Waals surface area contributed by atoms with Crippen LogP contribution < -0.4 is 0 Å². The van der Waals surface area contributed by atoms with Gasteiger partial charge in [-0.1, -0.05) is 79.4 Å². The summed E-state index contributed by atoms with van der Waals surface area (Å²) in [4.78, 5) is 0. The standard InChI is InChI=1S/C22H21Cl/c23-19-14-12-17(13-15-19)21-11-5-9-18-8-4-10-20(22(18)21)16-6-2-1-3-7-16/h4-5,8-16H,1-3,6-7H2. The van der Waals surface area contributed by atoms with Gasteiger partial charge in [-0.05, 0) is 58.4 Å².